The number of ether oxygens (including phenoxy) is 1. The van der Waals surface area contributed by atoms with Gasteiger partial charge in [-0.05, 0) is 38.8 Å². The molecule has 0 amide bonds. The Morgan fingerprint density at radius 3 is 2.43 bits per heavy atom. The molecule has 3 nitrogen and oxygen atoms in total. The summed E-state index contributed by atoms with van der Waals surface area (Å²) < 4.78 is 5.76. The summed E-state index contributed by atoms with van der Waals surface area (Å²) >= 11 is 0. The highest BCUT2D eigenvalue weighted by Gasteiger charge is 2.28. The van der Waals surface area contributed by atoms with Crippen LogP contribution in [0.25, 0.3) is 0 Å². The largest absolute Gasteiger partial charge is 0.378 e. The van der Waals surface area contributed by atoms with E-state index in [2.05, 4.69) is 61.3 Å². The molecule has 0 radical (unpaired) electrons. The van der Waals surface area contributed by atoms with Crippen LogP contribution in [0.2, 0.25) is 0 Å². The molecule has 1 aliphatic heterocycles. The molecule has 3 heteroatoms. The van der Waals surface area contributed by atoms with Crippen LogP contribution in [0.1, 0.15) is 45.2 Å². The SMILES string of the molecule is CCNC(c1ccccc1)C(C)N1CCC(OCC)CC1. The van der Waals surface area contributed by atoms with E-state index in [0.717, 1.165) is 39.1 Å². The van der Waals surface area contributed by atoms with E-state index >= 15 is 0 Å². The number of likely N-dealkylation sites (N-methyl/N-ethyl adjacent to an activating group) is 1. The van der Waals surface area contributed by atoms with E-state index in [1.807, 2.05) is 0 Å². The molecule has 1 aliphatic rings. The Morgan fingerprint density at radius 2 is 1.86 bits per heavy atom. The van der Waals surface area contributed by atoms with Gasteiger partial charge in [-0.2, -0.15) is 0 Å². The van der Waals surface area contributed by atoms with Gasteiger partial charge in [0.1, 0.15) is 0 Å². The summed E-state index contributed by atoms with van der Waals surface area (Å²) in [6.45, 7) is 10.7. The van der Waals surface area contributed by atoms with Gasteiger partial charge in [0.2, 0.25) is 0 Å². The third-order valence-electron chi connectivity index (χ3n) is 4.52. The second-order valence-corrected chi connectivity index (χ2v) is 5.88. The highest BCUT2D eigenvalue weighted by atomic mass is 16.5. The Hall–Kier alpha value is -0.900. The number of hydrogen-bond donors (Lipinski definition) is 1. The van der Waals surface area contributed by atoms with Gasteiger partial charge < -0.3 is 10.1 Å². The summed E-state index contributed by atoms with van der Waals surface area (Å²) in [6, 6.07) is 11.7. The lowest BCUT2D eigenvalue weighted by atomic mass is 9.96. The quantitative estimate of drug-likeness (QED) is 0.834. The number of piperidine rings is 1. The minimum absolute atomic E-state index is 0.403. The van der Waals surface area contributed by atoms with Gasteiger partial charge in [0.15, 0.2) is 0 Å². The van der Waals surface area contributed by atoms with Crippen LogP contribution < -0.4 is 5.32 Å². The molecule has 2 unspecified atom stereocenters. The van der Waals surface area contributed by atoms with Gasteiger partial charge in [0.25, 0.3) is 0 Å². The monoisotopic (exact) mass is 290 g/mol. The van der Waals surface area contributed by atoms with E-state index in [4.69, 9.17) is 4.74 Å². The fourth-order valence-electron chi connectivity index (χ4n) is 3.34. The van der Waals surface area contributed by atoms with Gasteiger partial charge >= 0.3 is 0 Å². The average molecular weight is 290 g/mol. The van der Waals surface area contributed by atoms with Gasteiger partial charge in [0.05, 0.1) is 6.10 Å². The predicted octanol–water partition coefficient (Wildman–Crippen LogP) is 3.23. The average Bonchev–Trinajstić information content (AvgIpc) is 2.54. The summed E-state index contributed by atoms with van der Waals surface area (Å²) in [5.74, 6) is 0. The van der Waals surface area contributed by atoms with Crippen molar-refractivity contribution in [3.8, 4) is 0 Å². The summed E-state index contributed by atoms with van der Waals surface area (Å²) in [4.78, 5) is 2.61. The highest BCUT2D eigenvalue weighted by Crippen LogP contribution is 2.24. The van der Waals surface area contributed by atoms with E-state index in [1.54, 1.807) is 0 Å². The molecule has 1 fully saturated rings. The number of benzene rings is 1. The van der Waals surface area contributed by atoms with Crippen molar-refractivity contribution in [2.75, 3.05) is 26.2 Å². The van der Waals surface area contributed by atoms with Crippen LogP contribution in [0.4, 0.5) is 0 Å². The van der Waals surface area contributed by atoms with E-state index < -0.39 is 0 Å². The van der Waals surface area contributed by atoms with Crippen molar-refractivity contribution in [1.29, 1.82) is 0 Å². The molecule has 0 bridgehead atoms. The molecule has 118 valence electrons. The van der Waals surface area contributed by atoms with Gasteiger partial charge in [0, 0.05) is 31.8 Å². The molecule has 0 spiro atoms. The summed E-state index contributed by atoms with van der Waals surface area (Å²) in [5.41, 5.74) is 1.39. The standard InChI is InChI=1S/C18H30N2O/c1-4-19-18(16-9-7-6-8-10-16)15(3)20-13-11-17(12-14-20)21-5-2/h6-10,15,17-19H,4-5,11-14H2,1-3H3. The maximum absolute atomic E-state index is 5.76. The Bertz CT molecular complexity index is 387. The van der Waals surface area contributed by atoms with Crippen LogP contribution in [0.15, 0.2) is 30.3 Å². The molecule has 21 heavy (non-hydrogen) atoms. The molecule has 1 aromatic rings. The zero-order valence-corrected chi connectivity index (χ0v) is 13.7. The molecule has 1 saturated heterocycles. The molecule has 2 rings (SSSR count). The summed E-state index contributed by atoms with van der Waals surface area (Å²) in [6.07, 6.45) is 2.78. The molecule has 0 aliphatic carbocycles. The third-order valence-corrected chi connectivity index (χ3v) is 4.52. The topological polar surface area (TPSA) is 24.5 Å². The van der Waals surface area contributed by atoms with Crippen molar-refractivity contribution in [2.24, 2.45) is 0 Å². The lowest BCUT2D eigenvalue weighted by Crippen LogP contribution is -2.47. The van der Waals surface area contributed by atoms with Crippen molar-refractivity contribution >= 4 is 0 Å². The van der Waals surface area contributed by atoms with Crippen LogP contribution >= 0.6 is 0 Å². The molecule has 0 saturated carbocycles. The number of rotatable bonds is 7. The van der Waals surface area contributed by atoms with Crippen LogP contribution in [-0.4, -0.2) is 43.3 Å². The van der Waals surface area contributed by atoms with Gasteiger partial charge in [-0.25, -0.2) is 0 Å². The lowest BCUT2D eigenvalue weighted by Gasteiger charge is -2.39. The second-order valence-electron chi connectivity index (χ2n) is 5.88. The molecule has 1 aromatic carbocycles. The van der Waals surface area contributed by atoms with Crippen molar-refractivity contribution in [2.45, 2.75) is 51.8 Å². The maximum Gasteiger partial charge on any atom is 0.0599 e. The fourth-order valence-corrected chi connectivity index (χ4v) is 3.34. The minimum Gasteiger partial charge on any atom is -0.378 e. The highest BCUT2D eigenvalue weighted by molar-refractivity contribution is 5.20. The Labute approximate surface area is 129 Å². The van der Waals surface area contributed by atoms with E-state index in [9.17, 15) is 0 Å². The molecule has 1 heterocycles. The van der Waals surface area contributed by atoms with E-state index in [0.29, 0.717) is 18.2 Å². The number of hydrogen-bond acceptors (Lipinski definition) is 3. The number of nitrogens with one attached hydrogen (secondary N) is 1. The first-order valence-corrected chi connectivity index (χ1v) is 8.40. The number of likely N-dealkylation sites (tertiary alicyclic amines) is 1. The normalized spacial score (nSPS) is 20.3. The second kappa shape index (κ2) is 8.52. The smallest absolute Gasteiger partial charge is 0.0599 e. The van der Waals surface area contributed by atoms with Gasteiger partial charge in [-0.15, -0.1) is 0 Å². The Balaban J connectivity index is 1.98. The van der Waals surface area contributed by atoms with E-state index in [-0.39, 0.29) is 0 Å². The lowest BCUT2D eigenvalue weighted by molar-refractivity contribution is 0.00160. The third kappa shape index (κ3) is 4.53. The van der Waals surface area contributed by atoms with Crippen molar-refractivity contribution < 1.29 is 4.74 Å². The molecular weight excluding hydrogens is 260 g/mol. The Morgan fingerprint density at radius 1 is 1.19 bits per heavy atom. The first kappa shape index (κ1) is 16.5. The first-order chi connectivity index (χ1) is 10.3. The van der Waals surface area contributed by atoms with Crippen LogP contribution in [0.5, 0.6) is 0 Å². The maximum atomic E-state index is 5.76. The molecule has 1 N–H and O–H groups in total. The van der Waals surface area contributed by atoms with Crippen molar-refractivity contribution in [3.05, 3.63) is 35.9 Å². The van der Waals surface area contributed by atoms with Gasteiger partial charge in [-0.1, -0.05) is 37.3 Å². The summed E-state index contributed by atoms with van der Waals surface area (Å²) in [7, 11) is 0. The van der Waals surface area contributed by atoms with Crippen molar-refractivity contribution in [3.63, 3.8) is 0 Å². The minimum atomic E-state index is 0.403. The number of nitrogens with zero attached hydrogens (tertiary/aromatic N) is 1. The molecular formula is C18H30N2O. The van der Waals surface area contributed by atoms with Crippen molar-refractivity contribution in [1.82, 2.24) is 10.2 Å². The zero-order chi connectivity index (χ0) is 15.1. The van der Waals surface area contributed by atoms with Crippen LogP contribution in [0, 0.1) is 0 Å². The zero-order valence-electron chi connectivity index (χ0n) is 13.7. The van der Waals surface area contributed by atoms with Crippen LogP contribution in [-0.2, 0) is 4.74 Å². The van der Waals surface area contributed by atoms with Crippen LogP contribution in [0.3, 0.4) is 0 Å². The Kier molecular flexibility index (Phi) is 6.68. The molecule has 0 aromatic heterocycles. The first-order valence-electron chi connectivity index (χ1n) is 8.40. The van der Waals surface area contributed by atoms with E-state index in [1.165, 1.54) is 5.56 Å². The predicted molar refractivity (Wildman–Crippen MR) is 88.5 cm³/mol. The van der Waals surface area contributed by atoms with Gasteiger partial charge in [-0.3, -0.25) is 4.90 Å². The summed E-state index contributed by atoms with van der Waals surface area (Å²) in [5, 5.41) is 3.66. The molecule has 2 atom stereocenters. The fraction of sp³-hybridized carbons (Fsp3) is 0.667.